The first-order valence-electron chi connectivity index (χ1n) is 6.77. The second kappa shape index (κ2) is 8.99. The lowest BCUT2D eigenvalue weighted by Crippen LogP contribution is -2.40. The van der Waals surface area contributed by atoms with E-state index < -0.39 is 0 Å². The van der Waals surface area contributed by atoms with E-state index in [-0.39, 0.29) is 12.0 Å². The van der Waals surface area contributed by atoms with E-state index in [1.165, 1.54) is 10.5 Å². The molecular formula is C15H23NO2S. The Morgan fingerprint density at radius 1 is 1.37 bits per heavy atom. The van der Waals surface area contributed by atoms with Crippen LogP contribution in [0.15, 0.2) is 29.2 Å². The fourth-order valence-electron chi connectivity index (χ4n) is 1.66. The predicted molar refractivity (Wildman–Crippen MR) is 80.6 cm³/mol. The van der Waals surface area contributed by atoms with Crippen LogP contribution in [0.3, 0.4) is 0 Å². The van der Waals surface area contributed by atoms with Crippen molar-refractivity contribution in [3.05, 3.63) is 29.8 Å². The average Bonchev–Trinajstić information content (AvgIpc) is 2.41. The summed E-state index contributed by atoms with van der Waals surface area (Å²) < 4.78 is 5.10. The van der Waals surface area contributed by atoms with Crippen LogP contribution in [0.25, 0.3) is 0 Å². The van der Waals surface area contributed by atoms with Crippen LogP contribution < -0.4 is 5.32 Å². The lowest BCUT2D eigenvalue weighted by molar-refractivity contribution is -0.144. The van der Waals surface area contributed by atoms with Gasteiger partial charge in [0.1, 0.15) is 6.04 Å². The second-order valence-electron chi connectivity index (χ2n) is 4.34. The Morgan fingerprint density at radius 2 is 2.11 bits per heavy atom. The smallest absolute Gasteiger partial charge is 0.323 e. The number of rotatable bonds is 8. The van der Waals surface area contributed by atoms with Crippen molar-refractivity contribution >= 4 is 17.7 Å². The van der Waals surface area contributed by atoms with Crippen LogP contribution >= 0.6 is 11.8 Å². The van der Waals surface area contributed by atoms with Gasteiger partial charge in [0, 0.05) is 10.6 Å². The highest BCUT2D eigenvalue weighted by Gasteiger charge is 2.19. The van der Waals surface area contributed by atoms with Gasteiger partial charge in [-0.15, -0.1) is 11.8 Å². The molecule has 0 bridgehead atoms. The molecule has 1 atom stereocenters. The maximum absolute atomic E-state index is 11.9. The number of thioether (sulfide) groups is 1. The molecule has 19 heavy (non-hydrogen) atoms. The van der Waals surface area contributed by atoms with Crippen molar-refractivity contribution in [2.75, 3.05) is 18.9 Å². The molecule has 0 aliphatic rings. The molecule has 1 aromatic carbocycles. The van der Waals surface area contributed by atoms with E-state index in [0.717, 1.165) is 13.0 Å². The molecule has 0 aliphatic heterocycles. The molecule has 0 fully saturated rings. The van der Waals surface area contributed by atoms with Gasteiger partial charge in [-0.05, 0) is 38.4 Å². The molecule has 0 aliphatic carbocycles. The molecule has 0 amide bonds. The number of nitrogens with one attached hydrogen (secondary N) is 1. The molecule has 0 heterocycles. The molecule has 0 radical (unpaired) electrons. The molecule has 0 saturated heterocycles. The van der Waals surface area contributed by atoms with Gasteiger partial charge in [0.2, 0.25) is 0 Å². The van der Waals surface area contributed by atoms with Crippen LogP contribution in [0.1, 0.15) is 25.8 Å². The molecule has 0 spiro atoms. The van der Waals surface area contributed by atoms with Gasteiger partial charge in [0.15, 0.2) is 0 Å². The lowest BCUT2D eigenvalue weighted by Gasteiger charge is -2.17. The minimum Gasteiger partial charge on any atom is -0.465 e. The summed E-state index contributed by atoms with van der Waals surface area (Å²) in [7, 11) is 0. The molecule has 3 nitrogen and oxygen atoms in total. The maximum Gasteiger partial charge on any atom is 0.323 e. The van der Waals surface area contributed by atoms with Crippen LogP contribution in [0.4, 0.5) is 0 Å². The maximum atomic E-state index is 11.9. The summed E-state index contributed by atoms with van der Waals surface area (Å²) in [5, 5.41) is 3.25. The number of carbonyl (C=O) groups is 1. The second-order valence-corrected chi connectivity index (χ2v) is 5.40. The van der Waals surface area contributed by atoms with Crippen LogP contribution in [-0.2, 0) is 9.53 Å². The predicted octanol–water partition coefficient (Wildman–Crippen LogP) is 3.02. The highest BCUT2D eigenvalue weighted by atomic mass is 32.2. The van der Waals surface area contributed by atoms with Crippen molar-refractivity contribution in [3.63, 3.8) is 0 Å². The number of hydrogen-bond donors (Lipinski definition) is 1. The summed E-state index contributed by atoms with van der Waals surface area (Å²) >= 11 is 1.70. The van der Waals surface area contributed by atoms with Crippen LogP contribution in [0.5, 0.6) is 0 Å². The zero-order valence-electron chi connectivity index (χ0n) is 11.9. The number of aryl methyl sites for hydroxylation is 1. The van der Waals surface area contributed by atoms with Crippen molar-refractivity contribution in [1.29, 1.82) is 0 Å². The summed E-state index contributed by atoms with van der Waals surface area (Å²) in [6.45, 7) is 7.27. The largest absolute Gasteiger partial charge is 0.465 e. The molecule has 0 aromatic heterocycles. The van der Waals surface area contributed by atoms with Gasteiger partial charge in [-0.2, -0.15) is 0 Å². The van der Waals surface area contributed by atoms with Gasteiger partial charge >= 0.3 is 5.97 Å². The summed E-state index contributed by atoms with van der Waals surface area (Å²) in [4.78, 5) is 13.1. The Kier molecular flexibility index (Phi) is 7.60. The normalized spacial score (nSPS) is 12.2. The van der Waals surface area contributed by atoms with Crippen LogP contribution in [0, 0.1) is 6.92 Å². The van der Waals surface area contributed by atoms with Gasteiger partial charge in [0.25, 0.3) is 0 Å². The van der Waals surface area contributed by atoms with E-state index >= 15 is 0 Å². The molecule has 1 rings (SSSR count). The minimum atomic E-state index is -0.232. The molecule has 1 N–H and O–H groups in total. The van der Waals surface area contributed by atoms with Gasteiger partial charge < -0.3 is 10.1 Å². The van der Waals surface area contributed by atoms with E-state index in [1.807, 2.05) is 19.1 Å². The molecule has 106 valence electrons. The third-order valence-electron chi connectivity index (χ3n) is 2.71. The van der Waals surface area contributed by atoms with Gasteiger partial charge in [-0.3, -0.25) is 4.79 Å². The molecule has 1 aromatic rings. The zero-order chi connectivity index (χ0) is 14.1. The van der Waals surface area contributed by atoms with E-state index in [0.29, 0.717) is 12.4 Å². The number of carbonyl (C=O) groups excluding carboxylic acids is 1. The van der Waals surface area contributed by atoms with Crippen molar-refractivity contribution in [1.82, 2.24) is 5.32 Å². The van der Waals surface area contributed by atoms with Crippen molar-refractivity contribution in [2.24, 2.45) is 0 Å². The quantitative estimate of drug-likeness (QED) is 0.587. The molecular weight excluding hydrogens is 258 g/mol. The molecule has 0 saturated carbocycles. The van der Waals surface area contributed by atoms with E-state index in [9.17, 15) is 4.79 Å². The zero-order valence-corrected chi connectivity index (χ0v) is 12.8. The first-order chi connectivity index (χ1) is 9.19. The van der Waals surface area contributed by atoms with Gasteiger partial charge in [-0.25, -0.2) is 0 Å². The summed E-state index contributed by atoms with van der Waals surface area (Å²) in [6, 6.07) is 7.99. The monoisotopic (exact) mass is 281 g/mol. The minimum absolute atomic E-state index is 0.156. The van der Waals surface area contributed by atoms with Crippen LogP contribution in [-0.4, -0.2) is 30.9 Å². The average molecular weight is 281 g/mol. The topological polar surface area (TPSA) is 38.3 Å². The van der Waals surface area contributed by atoms with Crippen molar-refractivity contribution in [2.45, 2.75) is 38.1 Å². The van der Waals surface area contributed by atoms with E-state index in [1.54, 1.807) is 11.8 Å². The fraction of sp³-hybridized carbons (Fsp3) is 0.533. The van der Waals surface area contributed by atoms with Gasteiger partial charge in [0.05, 0.1) is 6.61 Å². The molecule has 4 heteroatoms. The summed E-state index contributed by atoms with van der Waals surface area (Å²) in [5.74, 6) is 0.543. The fourth-order valence-corrected chi connectivity index (χ4v) is 2.73. The lowest BCUT2D eigenvalue weighted by atomic mass is 10.2. The summed E-state index contributed by atoms with van der Waals surface area (Å²) in [5.41, 5.74) is 1.24. The highest BCUT2D eigenvalue weighted by Crippen LogP contribution is 2.22. The number of esters is 1. The first kappa shape index (κ1) is 16.1. The first-order valence-corrected chi connectivity index (χ1v) is 7.76. The van der Waals surface area contributed by atoms with E-state index in [4.69, 9.17) is 4.74 Å². The standard InChI is InChI=1S/C15H23NO2S/c1-4-10-16-13(15(17)18-5-2)11-19-14-9-7-6-8-12(14)3/h6-9,13,16H,4-5,10-11H2,1-3H3. The van der Waals surface area contributed by atoms with E-state index in [2.05, 4.69) is 31.3 Å². The summed E-state index contributed by atoms with van der Waals surface area (Å²) in [6.07, 6.45) is 1.00. The third-order valence-corrected chi connectivity index (χ3v) is 3.98. The number of hydrogen-bond acceptors (Lipinski definition) is 4. The molecule has 1 unspecified atom stereocenters. The number of ether oxygens (including phenoxy) is 1. The third kappa shape index (κ3) is 5.66. The highest BCUT2D eigenvalue weighted by molar-refractivity contribution is 7.99. The van der Waals surface area contributed by atoms with Gasteiger partial charge in [-0.1, -0.05) is 25.1 Å². The number of benzene rings is 1. The Bertz CT molecular complexity index is 395. The van der Waals surface area contributed by atoms with Crippen molar-refractivity contribution in [3.8, 4) is 0 Å². The van der Waals surface area contributed by atoms with Crippen LogP contribution in [0.2, 0.25) is 0 Å². The van der Waals surface area contributed by atoms with Crippen molar-refractivity contribution < 1.29 is 9.53 Å². The Labute approximate surface area is 120 Å². The Balaban J connectivity index is 2.57. The Hall–Kier alpha value is -1.00. The Morgan fingerprint density at radius 3 is 2.74 bits per heavy atom. The SMILES string of the molecule is CCCNC(CSc1ccccc1C)C(=O)OCC.